The topological polar surface area (TPSA) is 101 Å². The highest BCUT2D eigenvalue weighted by molar-refractivity contribution is 5.84. The number of aryl methyl sites for hydroxylation is 2. The van der Waals surface area contributed by atoms with E-state index >= 15 is 0 Å². The maximum atomic E-state index is 13.4. The Labute approximate surface area is 189 Å². The molecule has 164 valence electrons. The molecule has 5 rings (SSSR count). The minimum atomic E-state index is -0.139. The van der Waals surface area contributed by atoms with E-state index in [9.17, 15) is 4.79 Å². The normalized spacial score (nSPS) is 11.1. The van der Waals surface area contributed by atoms with Crippen molar-refractivity contribution in [2.45, 2.75) is 27.0 Å². The lowest BCUT2D eigenvalue weighted by Crippen LogP contribution is -2.23. The van der Waals surface area contributed by atoms with Crippen LogP contribution in [0.2, 0.25) is 0 Å². The standard InChI is InChI=1S/C24H21N7O2/c1-16-6-3-4-8-20(16)31-17(2)26-23-19(24(31)32)7-5-9-21(23)33-15-22-27-28-29-30(22)14-18-10-12-25-13-11-18/h3-13H,14-15H2,1-2H3. The lowest BCUT2D eigenvalue weighted by Gasteiger charge is -2.15. The highest BCUT2D eigenvalue weighted by Gasteiger charge is 2.15. The van der Waals surface area contributed by atoms with E-state index in [1.54, 1.807) is 39.8 Å². The van der Waals surface area contributed by atoms with Crippen LogP contribution < -0.4 is 10.3 Å². The van der Waals surface area contributed by atoms with Crippen LogP contribution in [-0.2, 0) is 13.2 Å². The summed E-state index contributed by atoms with van der Waals surface area (Å²) in [5, 5.41) is 12.4. The third-order valence-electron chi connectivity index (χ3n) is 5.43. The van der Waals surface area contributed by atoms with Crippen molar-refractivity contribution >= 4 is 10.9 Å². The number of benzene rings is 2. The molecule has 0 saturated carbocycles. The lowest BCUT2D eigenvalue weighted by molar-refractivity contribution is 0.290. The number of hydrogen-bond acceptors (Lipinski definition) is 7. The van der Waals surface area contributed by atoms with E-state index < -0.39 is 0 Å². The van der Waals surface area contributed by atoms with Crippen molar-refractivity contribution in [2.75, 3.05) is 0 Å². The van der Waals surface area contributed by atoms with Crippen molar-refractivity contribution in [2.24, 2.45) is 0 Å². The van der Waals surface area contributed by atoms with Gasteiger partial charge in [-0.1, -0.05) is 24.3 Å². The van der Waals surface area contributed by atoms with Gasteiger partial charge >= 0.3 is 0 Å². The van der Waals surface area contributed by atoms with Crippen molar-refractivity contribution in [3.05, 3.63) is 100 Å². The van der Waals surface area contributed by atoms with Gasteiger partial charge in [-0.2, -0.15) is 0 Å². The van der Waals surface area contributed by atoms with Gasteiger partial charge in [-0.3, -0.25) is 14.3 Å². The Kier molecular flexibility index (Phi) is 5.35. The molecule has 33 heavy (non-hydrogen) atoms. The zero-order valence-corrected chi connectivity index (χ0v) is 18.2. The lowest BCUT2D eigenvalue weighted by atomic mass is 10.1. The Morgan fingerprint density at radius 2 is 1.79 bits per heavy atom. The molecule has 0 aliphatic rings. The van der Waals surface area contributed by atoms with Crippen LogP contribution in [0.1, 0.15) is 22.8 Å². The molecule has 0 unspecified atom stereocenters. The Bertz CT molecular complexity index is 1490. The number of rotatable bonds is 6. The zero-order chi connectivity index (χ0) is 22.8. The maximum absolute atomic E-state index is 13.4. The molecule has 9 nitrogen and oxygen atoms in total. The second-order valence-corrected chi connectivity index (χ2v) is 7.64. The molecular weight excluding hydrogens is 418 g/mol. The molecule has 3 heterocycles. The number of ether oxygens (including phenoxy) is 1. The van der Waals surface area contributed by atoms with Crippen molar-refractivity contribution in [1.29, 1.82) is 0 Å². The number of hydrogen-bond donors (Lipinski definition) is 0. The quantitative estimate of drug-likeness (QED) is 0.401. The third-order valence-corrected chi connectivity index (χ3v) is 5.43. The summed E-state index contributed by atoms with van der Waals surface area (Å²) in [4.78, 5) is 22.1. The van der Waals surface area contributed by atoms with Crippen LogP contribution in [0.3, 0.4) is 0 Å². The van der Waals surface area contributed by atoms with Gasteiger partial charge in [0.25, 0.3) is 5.56 Å². The van der Waals surface area contributed by atoms with Crippen molar-refractivity contribution in [3.8, 4) is 11.4 Å². The van der Waals surface area contributed by atoms with Gasteiger partial charge in [-0.05, 0) is 65.7 Å². The molecule has 0 N–H and O–H groups in total. The molecule has 0 radical (unpaired) electrons. The number of aromatic nitrogens is 7. The summed E-state index contributed by atoms with van der Waals surface area (Å²) in [5.74, 6) is 1.65. The van der Waals surface area contributed by atoms with Gasteiger partial charge in [0.2, 0.25) is 0 Å². The smallest absolute Gasteiger partial charge is 0.266 e. The Hall–Kier alpha value is -4.40. The molecular formula is C24H21N7O2. The van der Waals surface area contributed by atoms with Crippen molar-refractivity contribution in [3.63, 3.8) is 0 Å². The van der Waals surface area contributed by atoms with E-state index in [-0.39, 0.29) is 12.2 Å². The van der Waals surface area contributed by atoms with Crippen molar-refractivity contribution in [1.82, 2.24) is 34.7 Å². The van der Waals surface area contributed by atoms with Gasteiger partial charge in [-0.25, -0.2) is 9.67 Å². The molecule has 0 bridgehead atoms. The molecule has 9 heteroatoms. The first-order valence-electron chi connectivity index (χ1n) is 10.5. The highest BCUT2D eigenvalue weighted by atomic mass is 16.5. The van der Waals surface area contributed by atoms with E-state index in [2.05, 4.69) is 20.5 Å². The van der Waals surface area contributed by atoms with Crippen LogP contribution in [0.15, 0.2) is 71.8 Å². The Morgan fingerprint density at radius 3 is 2.61 bits per heavy atom. The number of tetrazole rings is 1. The van der Waals surface area contributed by atoms with Gasteiger partial charge in [0.05, 0.1) is 17.6 Å². The summed E-state index contributed by atoms with van der Waals surface area (Å²) in [6.45, 7) is 4.43. The van der Waals surface area contributed by atoms with E-state index in [4.69, 9.17) is 9.72 Å². The number of para-hydroxylation sites is 2. The second-order valence-electron chi connectivity index (χ2n) is 7.64. The van der Waals surface area contributed by atoms with E-state index in [1.807, 2.05) is 50.2 Å². The van der Waals surface area contributed by atoms with Gasteiger partial charge in [0, 0.05) is 12.4 Å². The zero-order valence-electron chi connectivity index (χ0n) is 18.2. The maximum Gasteiger partial charge on any atom is 0.266 e. The SMILES string of the molecule is Cc1ccccc1-n1c(C)nc2c(OCc3nnnn3Cc3ccncc3)cccc2c1=O. The van der Waals surface area contributed by atoms with Crippen LogP contribution >= 0.6 is 0 Å². The monoisotopic (exact) mass is 439 g/mol. The third kappa shape index (κ3) is 3.96. The van der Waals surface area contributed by atoms with Crippen LogP contribution in [0.4, 0.5) is 0 Å². The summed E-state index contributed by atoms with van der Waals surface area (Å²) in [6, 6.07) is 16.9. The van der Waals surface area contributed by atoms with Gasteiger partial charge in [0.15, 0.2) is 5.82 Å². The first-order chi connectivity index (χ1) is 16.1. The minimum Gasteiger partial charge on any atom is -0.483 e. The number of nitrogens with zero attached hydrogens (tertiary/aromatic N) is 7. The molecule has 5 aromatic rings. The van der Waals surface area contributed by atoms with Crippen LogP contribution in [-0.4, -0.2) is 34.7 Å². The van der Waals surface area contributed by atoms with Gasteiger partial charge < -0.3 is 4.74 Å². The molecule has 2 aromatic carbocycles. The summed E-state index contributed by atoms with van der Waals surface area (Å²) in [7, 11) is 0. The second kappa shape index (κ2) is 8.62. The predicted octanol–water partition coefficient (Wildman–Crippen LogP) is 3.01. The fourth-order valence-corrected chi connectivity index (χ4v) is 3.76. The Balaban J connectivity index is 1.47. The molecule has 0 atom stereocenters. The van der Waals surface area contributed by atoms with Crippen LogP contribution in [0, 0.1) is 13.8 Å². The largest absolute Gasteiger partial charge is 0.483 e. The van der Waals surface area contributed by atoms with E-state index in [1.165, 1.54) is 0 Å². The van der Waals surface area contributed by atoms with Gasteiger partial charge in [0.1, 0.15) is 23.7 Å². The van der Waals surface area contributed by atoms with Crippen LogP contribution in [0.5, 0.6) is 5.75 Å². The molecule has 0 amide bonds. The van der Waals surface area contributed by atoms with Crippen LogP contribution in [0.25, 0.3) is 16.6 Å². The fourth-order valence-electron chi connectivity index (χ4n) is 3.76. The number of fused-ring (bicyclic) bond motifs is 1. The number of pyridine rings is 1. The predicted molar refractivity (Wildman–Crippen MR) is 122 cm³/mol. The Morgan fingerprint density at radius 1 is 0.970 bits per heavy atom. The summed E-state index contributed by atoms with van der Waals surface area (Å²) in [6.07, 6.45) is 3.45. The summed E-state index contributed by atoms with van der Waals surface area (Å²) in [5.41, 5.74) is 3.21. The molecule has 0 fully saturated rings. The molecule has 0 spiro atoms. The first-order valence-corrected chi connectivity index (χ1v) is 10.5. The van der Waals surface area contributed by atoms with Crippen molar-refractivity contribution < 1.29 is 4.74 Å². The summed E-state index contributed by atoms with van der Waals surface area (Å²) < 4.78 is 9.34. The van der Waals surface area contributed by atoms with E-state index in [0.717, 1.165) is 16.8 Å². The summed E-state index contributed by atoms with van der Waals surface area (Å²) >= 11 is 0. The minimum absolute atomic E-state index is 0.138. The van der Waals surface area contributed by atoms with Gasteiger partial charge in [-0.15, -0.1) is 5.10 Å². The van der Waals surface area contributed by atoms with E-state index in [0.29, 0.717) is 34.8 Å². The highest BCUT2D eigenvalue weighted by Crippen LogP contribution is 2.24. The molecule has 3 aromatic heterocycles. The molecule has 0 aliphatic carbocycles. The average Bonchev–Trinajstić information content (AvgIpc) is 3.26. The fraction of sp³-hybridized carbons (Fsp3) is 0.167. The average molecular weight is 439 g/mol. The molecule has 0 aliphatic heterocycles. The molecule has 0 saturated heterocycles. The first kappa shape index (κ1) is 20.5.